The molecule has 0 radical (unpaired) electrons. The first-order valence-electron chi connectivity index (χ1n) is 5.29. The van der Waals surface area contributed by atoms with Crippen molar-refractivity contribution in [3.05, 3.63) is 0 Å². The van der Waals surface area contributed by atoms with Gasteiger partial charge in [-0.05, 0) is 19.8 Å². The Labute approximate surface area is 91.8 Å². The Morgan fingerprint density at radius 1 is 1.40 bits per heavy atom. The Kier molecular flexibility index (Phi) is 6.52. The molecule has 0 rings (SSSR count). The van der Waals surface area contributed by atoms with Crippen molar-refractivity contribution in [1.29, 1.82) is 5.26 Å². The van der Waals surface area contributed by atoms with E-state index in [2.05, 4.69) is 0 Å². The van der Waals surface area contributed by atoms with Crippen LogP contribution in [-0.2, 0) is 4.74 Å². The van der Waals surface area contributed by atoms with Crippen LogP contribution in [0.15, 0.2) is 0 Å². The average molecular weight is 212 g/mol. The first-order valence-corrected chi connectivity index (χ1v) is 5.29. The second-order valence-corrected chi connectivity index (χ2v) is 4.18. The van der Waals surface area contributed by atoms with Gasteiger partial charge in [0.1, 0.15) is 0 Å². The quantitative estimate of drug-likeness (QED) is 0.703. The second-order valence-electron chi connectivity index (χ2n) is 4.18. The molecule has 0 heterocycles. The van der Waals surface area contributed by atoms with E-state index in [-0.39, 0.29) is 12.2 Å². The number of nitrogens with zero attached hydrogens (tertiary/aromatic N) is 2. The number of carbonyl (C=O) groups is 1. The van der Waals surface area contributed by atoms with E-state index in [1.807, 2.05) is 33.8 Å². The van der Waals surface area contributed by atoms with Crippen LogP contribution < -0.4 is 0 Å². The van der Waals surface area contributed by atoms with Gasteiger partial charge in [-0.15, -0.1) is 0 Å². The molecule has 0 unspecified atom stereocenters. The molecular weight excluding hydrogens is 192 g/mol. The first-order chi connectivity index (χ1) is 6.97. The van der Waals surface area contributed by atoms with Crippen molar-refractivity contribution < 1.29 is 9.53 Å². The van der Waals surface area contributed by atoms with E-state index in [4.69, 9.17) is 10.00 Å². The number of rotatable bonds is 5. The highest BCUT2D eigenvalue weighted by atomic mass is 16.6. The zero-order valence-electron chi connectivity index (χ0n) is 9.99. The van der Waals surface area contributed by atoms with E-state index in [0.717, 1.165) is 0 Å². The summed E-state index contributed by atoms with van der Waals surface area (Å²) in [5.41, 5.74) is 0. The van der Waals surface area contributed by atoms with Gasteiger partial charge in [0.25, 0.3) is 0 Å². The summed E-state index contributed by atoms with van der Waals surface area (Å²) in [5, 5.41) is 8.48. The van der Waals surface area contributed by atoms with Crippen LogP contribution in [0.2, 0.25) is 0 Å². The van der Waals surface area contributed by atoms with Gasteiger partial charge >= 0.3 is 6.09 Å². The highest BCUT2D eigenvalue weighted by Gasteiger charge is 2.16. The molecule has 0 saturated carbocycles. The molecule has 0 aromatic rings. The van der Waals surface area contributed by atoms with Crippen molar-refractivity contribution in [3.8, 4) is 6.07 Å². The standard InChI is InChI=1S/C11H20N2O2/c1-9(2)8-13(7-5-6-12)11(14)15-10(3)4/h9-10H,5,7-8H2,1-4H3. The fraction of sp³-hybridized carbons (Fsp3) is 0.818. The minimum atomic E-state index is -0.325. The van der Waals surface area contributed by atoms with Gasteiger partial charge in [-0.1, -0.05) is 13.8 Å². The first kappa shape index (κ1) is 13.8. The number of hydrogen-bond donors (Lipinski definition) is 0. The molecule has 0 fully saturated rings. The Bertz CT molecular complexity index is 231. The van der Waals surface area contributed by atoms with Crippen molar-refractivity contribution in [1.82, 2.24) is 4.90 Å². The zero-order chi connectivity index (χ0) is 11.8. The molecule has 0 saturated heterocycles. The van der Waals surface area contributed by atoms with E-state index >= 15 is 0 Å². The molecule has 86 valence electrons. The van der Waals surface area contributed by atoms with E-state index in [1.54, 1.807) is 4.90 Å². The highest BCUT2D eigenvalue weighted by Crippen LogP contribution is 2.04. The zero-order valence-corrected chi connectivity index (χ0v) is 9.99. The van der Waals surface area contributed by atoms with E-state index in [1.165, 1.54) is 0 Å². The summed E-state index contributed by atoms with van der Waals surface area (Å²) in [5.74, 6) is 0.378. The Hall–Kier alpha value is -1.24. The smallest absolute Gasteiger partial charge is 0.410 e. The third-order valence-corrected chi connectivity index (χ3v) is 1.67. The molecule has 15 heavy (non-hydrogen) atoms. The number of carbonyl (C=O) groups excluding carboxylic acids is 1. The third-order valence-electron chi connectivity index (χ3n) is 1.67. The highest BCUT2D eigenvalue weighted by molar-refractivity contribution is 5.67. The van der Waals surface area contributed by atoms with Gasteiger partial charge in [0.2, 0.25) is 0 Å². The fourth-order valence-corrected chi connectivity index (χ4v) is 1.16. The van der Waals surface area contributed by atoms with Gasteiger partial charge in [-0.25, -0.2) is 4.79 Å². The molecule has 0 aliphatic heterocycles. The molecule has 1 amide bonds. The van der Waals surface area contributed by atoms with Crippen molar-refractivity contribution >= 4 is 6.09 Å². The molecule has 0 aromatic carbocycles. The molecule has 0 spiro atoms. The summed E-state index contributed by atoms with van der Waals surface area (Å²) in [6.07, 6.45) is -0.0943. The SMILES string of the molecule is CC(C)CN(CCC#N)C(=O)OC(C)C. The van der Waals surface area contributed by atoms with Gasteiger partial charge in [0.05, 0.1) is 18.6 Å². The van der Waals surface area contributed by atoms with Crippen LogP contribution in [0.4, 0.5) is 4.79 Å². The van der Waals surface area contributed by atoms with Crippen LogP contribution in [0.5, 0.6) is 0 Å². The van der Waals surface area contributed by atoms with Crippen molar-refractivity contribution in [3.63, 3.8) is 0 Å². The Balaban J connectivity index is 4.21. The molecule has 0 aliphatic carbocycles. The van der Waals surface area contributed by atoms with Gasteiger partial charge in [0, 0.05) is 13.1 Å². The van der Waals surface area contributed by atoms with Gasteiger partial charge < -0.3 is 9.64 Å². The molecule has 4 nitrogen and oxygen atoms in total. The number of hydrogen-bond acceptors (Lipinski definition) is 3. The van der Waals surface area contributed by atoms with Crippen molar-refractivity contribution in [2.75, 3.05) is 13.1 Å². The van der Waals surface area contributed by atoms with Gasteiger partial charge in [-0.3, -0.25) is 0 Å². The van der Waals surface area contributed by atoms with Gasteiger partial charge in [0.15, 0.2) is 0 Å². The summed E-state index contributed by atoms with van der Waals surface area (Å²) in [6.45, 7) is 8.77. The molecule has 0 aliphatic rings. The number of nitriles is 1. The normalized spacial score (nSPS) is 10.2. The minimum absolute atomic E-state index is 0.116. The Morgan fingerprint density at radius 2 is 2.00 bits per heavy atom. The molecule has 0 bridgehead atoms. The molecule has 0 aromatic heterocycles. The van der Waals surface area contributed by atoms with Crippen LogP contribution >= 0.6 is 0 Å². The Morgan fingerprint density at radius 3 is 2.40 bits per heavy atom. The molecule has 4 heteroatoms. The van der Waals surface area contributed by atoms with Crippen molar-refractivity contribution in [2.45, 2.75) is 40.2 Å². The topological polar surface area (TPSA) is 53.3 Å². The second kappa shape index (κ2) is 7.10. The lowest BCUT2D eigenvalue weighted by Crippen LogP contribution is -2.36. The summed E-state index contributed by atoms with van der Waals surface area (Å²) in [7, 11) is 0. The van der Waals surface area contributed by atoms with Crippen molar-refractivity contribution in [2.24, 2.45) is 5.92 Å². The summed E-state index contributed by atoms with van der Waals surface area (Å²) in [4.78, 5) is 13.2. The average Bonchev–Trinajstić information content (AvgIpc) is 2.10. The van der Waals surface area contributed by atoms with Crippen LogP contribution in [0.3, 0.4) is 0 Å². The van der Waals surface area contributed by atoms with Crippen LogP contribution in [0, 0.1) is 17.2 Å². The van der Waals surface area contributed by atoms with E-state index in [0.29, 0.717) is 25.4 Å². The fourth-order valence-electron chi connectivity index (χ4n) is 1.16. The lowest BCUT2D eigenvalue weighted by molar-refractivity contribution is 0.0739. The molecule has 0 N–H and O–H groups in total. The third kappa shape index (κ3) is 6.78. The predicted molar refractivity (Wildman–Crippen MR) is 58.3 cm³/mol. The molecule has 0 atom stereocenters. The predicted octanol–water partition coefficient (Wildman–Crippen LogP) is 2.40. The summed E-state index contributed by atoms with van der Waals surface area (Å²) in [6, 6.07) is 2.03. The maximum atomic E-state index is 11.6. The van der Waals surface area contributed by atoms with Gasteiger partial charge in [-0.2, -0.15) is 5.26 Å². The largest absolute Gasteiger partial charge is 0.447 e. The van der Waals surface area contributed by atoms with Crippen LogP contribution in [0.25, 0.3) is 0 Å². The molecular formula is C11H20N2O2. The minimum Gasteiger partial charge on any atom is -0.447 e. The lowest BCUT2D eigenvalue weighted by Gasteiger charge is -2.23. The summed E-state index contributed by atoms with van der Waals surface area (Å²) >= 11 is 0. The number of amides is 1. The lowest BCUT2D eigenvalue weighted by atomic mass is 10.2. The van der Waals surface area contributed by atoms with Crippen LogP contribution in [0.1, 0.15) is 34.1 Å². The maximum Gasteiger partial charge on any atom is 0.410 e. The summed E-state index contributed by atoms with van der Waals surface area (Å²) < 4.78 is 5.09. The maximum absolute atomic E-state index is 11.6. The number of ether oxygens (including phenoxy) is 1. The monoisotopic (exact) mass is 212 g/mol. The van der Waals surface area contributed by atoms with E-state index in [9.17, 15) is 4.79 Å². The van der Waals surface area contributed by atoms with Crippen LogP contribution in [-0.4, -0.2) is 30.2 Å². The van der Waals surface area contributed by atoms with E-state index < -0.39 is 0 Å².